The molecule has 0 aliphatic rings. The zero-order valence-electron chi connectivity index (χ0n) is 12.5. The minimum Gasteiger partial charge on any atom is -0.472 e. The maximum absolute atomic E-state index is 5.13. The fraction of sp³-hybridized carbons (Fsp3) is 0.733. The first-order valence-corrected chi connectivity index (χ1v) is 6.88. The first-order valence-electron chi connectivity index (χ1n) is 6.88. The van der Waals surface area contributed by atoms with E-state index in [1.807, 2.05) is 12.3 Å². The van der Waals surface area contributed by atoms with E-state index >= 15 is 0 Å². The van der Waals surface area contributed by atoms with Crippen LogP contribution in [-0.2, 0) is 6.54 Å². The summed E-state index contributed by atoms with van der Waals surface area (Å²) in [5.74, 6) is 0. The Kier molecular flexibility index (Phi) is 5.89. The van der Waals surface area contributed by atoms with Gasteiger partial charge in [-0.25, -0.2) is 0 Å². The Balaban J connectivity index is 2.49. The van der Waals surface area contributed by atoms with Crippen molar-refractivity contribution < 1.29 is 4.42 Å². The lowest BCUT2D eigenvalue weighted by molar-refractivity contribution is 0.202. The zero-order valence-corrected chi connectivity index (χ0v) is 12.5. The van der Waals surface area contributed by atoms with Crippen molar-refractivity contribution in [3.63, 3.8) is 0 Å². The lowest BCUT2D eigenvalue weighted by Crippen LogP contribution is -2.46. The second-order valence-corrected chi connectivity index (χ2v) is 6.12. The maximum Gasteiger partial charge on any atom is 0.0947 e. The monoisotopic (exact) mass is 252 g/mol. The van der Waals surface area contributed by atoms with E-state index in [1.165, 1.54) is 18.4 Å². The number of nitrogens with one attached hydrogen (secondary N) is 1. The second-order valence-electron chi connectivity index (χ2n) is 6.12. The van der Waals surface area contributed by atoms with E-state index in [2.05, 4.69) is 45.0 Å². The molecule has 0 spiro atoms. The van der Waals surface area contributed by atoms with Crippen LogP contribution in [0.1, 0.15) is 46.1 Å². The third-order valence-electron chi connectivity index (χ3n) is 3.13. The van der Waals surface area contributed by atoms with Crippen molar-refractivity contribution in [2.45, 2.75) is 58.7 Å². The van der Waals surface area contributed by atoms with E-state index in [0.717, 1.165) is 13.1 Å². The van der Waals surface area contributed by atoms with Crippen LogP contribution in [0.4, 0.5) is 0 Å². The van der Waals surface area contributed by atoms with Gasteiger partial charge in [-0.1, -0.05) is 13.3 Å². The van der Waals surface area contributed by atoms with Gasteiger partial charge in [-0.05, 0) is 40.3 Å². The number of furan rings is 1. The summed E-state index contributed by atoms with van der Waals surface area (Å²) in [5, 5.41) is 3.60. The minimum atomic E-state index is 0.183. The van der Waals surface area contributed by atoms with Crippen molar-refractivity contribution >= 4 is 0 Å². The highest BCUT2D eigenvalue weighted by Gasteiger charge is 2.17. The number of hydrogen-bond donors (Lipinski definition) is 1. The van der Waals surface area contributed by atoms with Gasteiger partial charge in [-0.3, -0.25) is 4.90 Å². The smallest absolute Gasteiger partial charge is 0.0947 e. The van der Waals surface area contributed by atoms with Crippen molar-refractivity contribution in [3.05, 3.63) is 24.2 Å². The Bertz CT molecular complexity index is 314. The van der Waals surface area contributed by atoms with Crippen LogP contribution in [0.2, 0.25) is 0 Å². The number of nitrogens with zero attached hydrogens (tertiary/aromatic N) is 1. The van der Waals surface area contributed by atoms with Gasteiger partial charge in [0.25, 0.3) is 0 Å². The van der Waals surface area contributed by atoms with Gasteiger partial charge < -0.3 is 9.73 Å². The minimum absolute atomic E-state index is 0.183. The molecule has 0 saturated heterocycles. The summed E-state index contributed by atoms with van der Waals surface area (Å²) in [6.07, 6.45) is 6.01. The maximum atomic E-state index is 5.13. The topological polar surface area (TPSA) is 28.4 Å². The molecule has 0 amide bonds. The van der Waals surface area contributed by atoms with E-state index < -0.39 is 0 Å². The van der Waals surface area contributed by atoms with Crippen LogP contribution in [0.25, 0.3) is 0 Å². The first-order chi connectivity index (χ1) is 8.42. The summed E-state index contributed by atoms with van der Waals surface area (Å²) >= 11 is 0. The van der Waals surface area contributed by atoms with Crippen molar-refractivity contribution in [1.82, 2.24) is 10.2 Å². The van der Waals surface area contributed by atoms with Gasteiger partial charge in [-0.2, -0.15) is 0 Å². The second kappa shape index (κ2) is 6.95. The first kappa shape index (κ1) is 15.3. The Morgan fingerprint density at radius 1 is 1.39 bits per heavy atom. The predicted octanol–water partition coefficient (Wildman–Crippen LogP) is 3.27. The molecule has 1 unspecified atom stereocenters. The molecular weight excluding hydrogens is 224 g/mol. The number of likely N-dealkylation sites (N-methyl/N-ethyl adjacent to an activating group) is 1. The van der Waals surface area contributed by atoms with Gasteiger partial charge in [0.2, 0.25) is 0 Å². The molecule has 0 aliphatic heterocycles. The molecule has 1 rings (SSSR count). The normalized spacial score (nSPS) is 14.1. The Hall–Kier alpha value is -0.800. The third kappa shape index (κ3) is 5.69. The van der Waals surface area contributed by atoms with Crippen LogP contribution >= 0.6 is 0 Å². The van der Waals surface area contributed by atoms with E-state index in [9.17, 15) is 0 Å². The Labute approximate surface area is 112 Å². The van der Waals surface area contributed by atoms with Gasteiger partial charge in [0.1, 0.15) is 0 Å². The van der Waals surface area contributed by atoms with E-state index in [-0.39, 0.29) is 5.54 Å². The molecular formula is C15H28N2O. The van der Waals surface area contributed by atoms with Crippen LogP contribution in [-0.4, -0.2) is 30.1 Å². The summed E-state index contributed by atoms with van der Waals surface area (Å²) in [4.78, 5) is 2.41. The van der Waals surface area contributed by atoms with Crippen LogP contribution in [0.3, 0.4) is 0 Å². The SMILES string of the molecule is CCCC(CNC(C)(C)C)N(C)Cc1ccoc1. The van der Waals surface area contributed by atoms with Crippen LogP contribution in [0.15, 0.2) is 23.0 Å². The molecule has 1 aromatic rings. The van der Waals surface area contributed by atoms with Crippen molar-refractivity contribution in [1.29, 1.82) is 0 Å². The van der Waals surface area contributed by atoms with Gasteiger partial charge in [0, 0.05) is 30.2 Å². The highest BCUT2D eigenvalue weighted by molar-refractivity contribution is 5.05. The van der Waals surface area contributed by atoms with Crippen LogP contribution in [0.5, 0.6) is 0 Å². The Morgan fingerprint density at radius 3 is 2.61 bits per heavy atom. The lowest BCUT2D eigenvalue weighted by Gasteiger charge is -2.31. The molecule has 0 radical (unpaired) electrons. The average molecular weight is 252 g/mol. The molecule has 0 aromatic carbocycles. The molecule has 1 heterocycles. The van der Waals surface area contributed by atoms with Gasteiger partial charge in [0.15, 0.2) is 0 Å². The van der Waals surface area contributed by atoms with E-state index in [0.29, 0.717) is 6.04 Å². The summed E-state index contributed by atoms with van der Waals surface area (Å²) in [6, 6.07) is 2.61. The highest BCUT2D eigenvalue weighted by atomic mass is 16.3. The molecule has 104 valence electrons. The molecule has 1 aromatic heterocycles. The fourth-order valence-corrected chi connectivity index (χ4v) is 2.04. The number of rotatable bonds is 7. The predicted molar refractivity (Wildman–Crippen MR) is 76.6 cm³/mol. The molecule has 18 heavy (non-hydrogen) atoms. The highest BCUT2D eigenvalue weighted by Crippen LogP contribution is 2.11. The van der Waals surface area contributed by atoms with Crippen molar-refractivity contribution in [2.24, 2.45) is 0 Å². The van der Waals surface area contributed by atoms with Crippen molar-refractivity contribution in [3.8, 4) is 0 Å². The molecule has 0 fully saturated rings. The van der Waals surface area contributed by atoms with E-state index in [1.54, 1.807) is 6.26 Å². The lowest BCUT2D eigenvalue weighted by atomic mass is 10.1. The standard InChI is InChI=1S/C15H28N2O/c1-6-7-14(10-16-15(2,3)4)17(5)11-13-8-9-18-12-13/h8-9,12,14,16H,6-7,10-11H2,1-5H3. The molecule has 0 bridgehead atoms. The summed E-state index contributed by atoms with van der Waals surface area (Å²) in [6.45, 7) is 10.9. The number of hydrogen-bond acceptors (Lipinski definition) is 3. The van der Waals surface area contributed by atoms with Gasteiger partial charge in [0.05, 0.1) is 12.5 Å². The molecule has 1 atom stereocenters. The summed E-state index contributed by atoms with van der Waals surface area (Å²) < 4.78 is 5.13. The molecule has 0 aliphatic carbocycles. The summed E-state index contributed by atoms with van der Waals surface area (Å²) in [5.41, 5.74) is 1.43. The molecule has 0 saturated carbocycles. The molecule has 3 nitrogen and oxygen atoms in total. The third-order valence-corrected chi connectivity index (χ3v) is 3.13. The quantitative estimate of drug-likeness (QED) is 0.807. The largest absolute Gasteiger partial charge is 0.472 e. The average Bonchev–Trinajstić information content (AvgIpc) is 2.75. The van der Waals surface area contributed by atoms with Crippen molar-refractivity contribution in [2.75, 3.05) is 13.6 Å². The summed E-state index contributed by atoms with van der Waals surface area (Å²) in [7, 11) is 2.19. The Morgan fingerprint density at radius 2 is 2.11 bits per heavy atom. The van der Waals surface area contributed by atoms with Gasteiger partial charge in [-0.15, -0.1) is 0 Å². The fourth-order valence-electron chi connectivity index (χ4n) is 2.04. The van der Waals surface area contributed by atoms with E-state index in [4.69, 9.17) is 4.42 Å². The van der Waals surface area contributed by atoms with Crippen LogP contribution < -0.4 is 5.32 Å². The van der Waals surface area contributed by atoms with Gasteiger partial charge >= 0.3 is 0 Å². The van der Waals surface area contributed by atoms with Crippen LogP contribution in [0, 0.1) is 0 Å². The molecule has 3 heteroatoms. The zero-order chi connectivity index (χ0) is 13.6. The molecule has 1 N–H and O–H groups in total.